The van der Waals surface area contributed by atoms with Gasteiger partial charge in [-0.1, -0.05) is 35.8 Å². The topological polar surface area (TPSA) is 46.2 Å². The van der Waals surface area contributed by atoms with Crippen molar-refractivity contribution >= 4 is 37.3 Å². The molecule has 3 nitrogen and oxygen atoms in total. The molecule has 86 valence electrons. The molecule has 0 aromatic carbocycles. The van der Waals surface area contributed by atoms with Gasteiger partial charge in [0, 0.05) is 16.8 Å². The second-order valence-corrected chi connectivity index (χ2v) is 7.96. The second-order valence-electron chi connectivity index (χ2n) is 3.91. The lowest BCUT2D eigenvalue weighted by molar-refractivity contribution is 0.511. The molecule has 0 amide bonds. The Labute approximate surface area is 103 Å². The molecule has 0 bridgehead atoms. The van der Waals surface area contributed by atoms with Gasteiger partial charge in [-0.15, -0.1) is 11.3 Å². The third kappa shape index (κ3) is 3.86. The summed E-state index contributed by atoms with van der Waals surface area (Å²) in [4.78, 5) is 1.18. The third-order valence-corrected chi connectivity index (χ3v) is 5.98. The Bertz CT molecular complexity index is 398. The summed E-state index contributed by atoms with van der Waals surface area (Å²) in [5, 5.41) is 2.00. The van der Waals surface area contributed by atoms with Crippen LogP contribution in [0.3, 0.4) is 0 Å². The minimum Gasteiger partial charge on any atom is -0.214 e. The van der Waals surface area contributed by atoms with Gasteiger partial charge in [-0.2, -0.15) is 0 Å². The molecule has 0 unspecified atom stereocenters. The van der Waals surface area contributed by atoms with E-state index >= 15 is 0 Å². The molecule has 0 saturated carbocycles. The van der Waals surface area contributed by atoms with Crippen molar-refractivity contribution in [3.63, 3.8) is 0 Å². The zero-order chi connectivity index (χ0) is 11.5. The predicted octanol–water partition coefficient (Wildman–Crippen LogP) is 2.30. The van der Waals surface area contributed by atoms with Crippen molar-refractivity contribution in [1.29, 1.82) is 0 Å². The Morgan fingerprint density at radius 1 is 1.53 bits per heavy atom. The number of nitrogens with one attached hydrogen (secondary N) is 1. The van der Waals surface area contributed by atoms with Crippen LogP contribution in [0.25, 0.3) is 0 Å². The molecular weight excluding hydrogens is 298 g/mol. The summed E-state index contributed by atoms with van der Waals surface area (Å²) in [7, 11) is -3.17. The van der Waals surface area contributed by atoms with Crippen LogP contribution in [0.5, 0.6) is 0 Å². The van der Waals surface area contributed by atoms with Crippen LogP contribution in [0.4, 0.5) is 0 Å². The maximum Gasteiger partial charge on any atom is 0.221 e. The molecular formula is C9H14BrNO2S2. The standard InChI is InChI=1S/C9H14BrNO2S2/c1-9(2,8-4-3-5-14-8)6-11-15(12,13)7-10/h3-5,11H,6-7H2,1-2H3. The van der Waals surface area contributed by atoms with E-state index in [-0.39, 0.29) is 10.1 Å². The SMILES string of the molecule is CC(C)(CNS(=O)(=O)CBr)c1cccs1. The summed E-state index contributed by atoms with van der Waals surface area (Å²) in [6.45, 7) is 4.46. The fourth-order valence-electron chi connectivity index (χ4n) is 1.08. The summed E-state index contributed by atoms with van der Waals surface area (Å²) in [5.74, 6) is 0. The van der Waals surface area contributed by atoms with Crippen LogP contribution < -0.4 is 4.72 Å². The Hall–Kier alpha value is 0.0900. The zero-order valence-corrected chi connectivity index (χ0v) is 11.9. The Kier molecular flexibility index (Phi) is 4.34. The van der Waals surface area contributed by atoms with Gasteiger partial charge < -0.3 is 0 Å². The number of rotatable bonds is 5. The molecule has 1 aromatic heterocycles. The zero-order valence-electron chi connectivity index (χ0n) is 8.66. The van der Waals surface area contributed by atoms with Gasteiger partial charge in [-0.25, -0.2) is 13.1 Å². The maximum atomic E-state index is 11.3. The van der Waals surface area contributed by atoms with E-state index in [4.69, 9.17) is 0 Å². The summed E-state index contributed by atoms with van der Waals surface area (Å²) in [6.07, 6.45) is 0. The molecule has 1 aromatic rings. The van der Waals surface area contributed by atoms with Crippen molar-refractivity contribution in [2.24, 2.45) is 0 Å². The summed E-state index contributed by atoms with van der Waals surface area (Å²) >= 11 is 4.58. The predicted molar refractivity (Wildman–Crippen MR) is 68.1 cm³/mol. The van der Waals surface area contributed by atoms with Crippen molar-refractivity contribution in [3.8, 4) is 0 Å². The highest BCUT2D eigenvalue weighted by atomic mass is 79.9. The lowest BCUT2D eigenvalue weighted by atomic mass is 9.92. The average Bonchev–Trinajstić information content (AvgIpc) is 2.69. The molecule has 0 aliphatic heterocycles. The van der Waals surface area contributed by atoms with E-state index in [9.17, 15) is 8.42 Å². The molecule has 0 radical (unpaired) electrons. The number of sulfonamides is 1. The van der Waals surface area contributed by atoms with Gasteiger partial charge in [0.05, 0.1) is 0 Å². The van der Waals surface area contributed by atoms with Crippen molar-refractivity contribution in [2.75, 3.05) is 11.2 Å². The van der Waals surface area contributed by atoms with Crippen LogP contribution in [0.2, 0.25) is 0 Å². The molecule has 0 fully saturated rings. The first-order valence-corrected chi connectivity index (χ1v) is 8.10. The molecule has 0 spiro atoms. The molecule has 15 heavy (non-hydrogen) atoms. The van der Waals surface area contributed by atoms with Crippen molar-refractivity contribution in [2.45, 2.75) is 19.3 Å². The minimum absolute atomic E-state index is 0.0550. The van der Waals surface area contributed by atoms with Gasteiger partial charge in [0.1, 0.15) is 4.66 Å². The number of halogens is 1. The lowest BCUT2D eigenvalue weighted by Crippen LogP contribution is -2.36. The number of alkyl halides is 1. The summed E-state index contributed by atoms with van der Waals surface area (Å²) in [6, 6.07) is 3.99. The first-order valence-electron chi connectivity index (χ1n) is 4.45. The fraction of sp³-hybridized carbons (Fsp3) is 0.556. The number of hydrogen-bond acceptors (Lipinski definition) is 3. The van der Waals surface area contributed by atoms with Gasteiger partial charge in [-0.05, 0) is 11.4 Å². The monoisotopic (exact) mass is 311 g/mol. The molecule has 1 N–H and O–H groups in total. The van der Waals surface area contributed by atoms with E-state index < -0.39 is 10.0 Å². The van der Waals surface area contributed by atoms with E-state index in [1.54, 1.807) is 11.3 Å². The highest BCUT2D eigenvalue weighted by Crippen LogP contribution is 2.26. The van der Waals surface area contributed by atoms with Crippen LogP contribution in [-0.2, 0) is 15.4 Å². The molecule has 0 saturated heterocycles. The highest BCUT2D eigenvalue weighted by Gasteiger charge is 2.23. The summed E-state index contributed by atoms with van der Waals surface area (Å²) in [5.41, 5.74) is -0.163. The molecule has 1 heterocycles. The first-order chi connectivity index (χ1) is 6.87. The number of thiophene rings is 1. The second kappa shape index (κ2) is 4.95. The molecule has 6 heteroatoms. The van der Waals surface area contributed by atoms with Gasteiger partial charge in [0.15, 0.2) is 0 Å². The minimum atomic E-state index is -3.17. The Morgan fingerprint density at radius 2 is 2.20 bits per heavy atom. The fourth-order valence-corrected chi connectivity index (χ4v) is 3.08. The number of hydrogen-bond donors (Lipinski definition) is 1. The van der Waals surface area contributed by atoms with E-state index in [0.29, 0.717) is 6.54 Å². The smallest absolute Gasteiger partial charge is 0.214 e. The van der Waals surface area contributed by atoms with Gasteiger partial charge in [0.25, 0.3) is 0 Å². The third-order valence-electron chi connectivity index (χ3n) is 2.07. The van der Waals surface area contributed by atoms with Crippen LogP contribution in [-0.4, -0.2) is 19.6 Å². The van der Waals surface area contributed by atoms with Crippen LogP contribution >= 0.6 is 27.3 Å². The van der Waals surface area contributed by atoms with Crippen LogP contribution in [0.1, 0.15) is 18.7 Å². The molecule has 0 atom stereocenters. The van der Waals surface area contributed by atoms with E-state index in [0.717, 1.165) is 0 Å². The highest BCUT2D eigenvalue weighted by molar-refractivity contribution is 9.10. The first kappa shape index (κ1) is 13.2. The van der Waals surface area contributed by atoms with E-state index in [2.05, 4.69) is 20.7 Å². The van der Waals surface area contributed by atoms with Crippen molar-refractivity contribution in [1.82, 2.24) is 4.72 Å². The van der Waals surface area contributed by atoms with Gasteiger partial charge >= 0.3 is 0 Å². The van der Waals surface area contributed by atoms with Crippen LogP contribution in [0, 0.1) is 0 Å². The molecule has 0 aliphatic rings. The largest absolute Gasteiger partial charge is 0.221 e. The van der Waals surface area contributed by atoms with Crippen molar-refractivity contribution in [3.05, 3.63) is 22.4 Å². The van der Waals surface area contributed by atoms with E-state index in [1.807, 2.05) is 31.4 Å². The molecule has 1 rings (SSSR count). The maximum absolute atomic E-state index is 11.3. The normalized spacial score (nSPS) is 13.0. The Balaban J connectivity index is 2.66. The van der Waals surface area contributed by atoms with Crippen molar-refractivity contribution < 1.29 is 8.42 Å². The lowest BCUT2D eigenvalue weighted by Gasteiger charge is -2.23. The summed E-state index contributed by atoms with van der Waals surface area (Å²) < 4.78 is 25.0. The average molecular weight is 312 g/mol. The quantitative estimate of drug-likeness (QED) is 0.848. The van der Waals surface area contributed by atoms with E-state index in [1.165, 1.54) is 4.88 Å². The van der Waals surface area contributed by atoms with Crippen LogP contribution in [0.15, 0.2) is 17.5 Å². The van der Waals surface area contributed by atoms with Gasteiger partial charge in [-0.3, -0.25) is 0 Å². The van der Waals surface area contributed by atoms with Gasteiger partial charge in [0.2, 0.25) is 10.0 Å². The molecule has 0 aliphatic carbocycles. The Morgan fingerprint density at radius 3 is 2.67 bits per heavy atom.